The van der Waals surface area contributed by atoms with Crippen molar-refractivity contribution in [2.45, 2.75) is 6.92 Å². The molecule has 4 heteroatoms. The lowest BCUT2D eigenvalue weighted by Gasteiger charge is -2.11. The summed E-state index contributed by atoms with van der Waals surface area (Å²) in [6, 6.07) is 6.01. The van der Waals surface area contributed by atoms with Crippen LogP contribution in [0.5, 0.6) is 0 Å². The van der Waals surface area contributed by atoms with E-state index in [1.807, 2.05) is 6.26 Å². The Hall–Kier alpha value is -1.03. The van der Waals surface area contributed by atoms with Gasteiger partial charge in [-0.1, -0.05) is 19.1 Å². The van der Waals surface area contributed by atoms with Gasteiger partial charge >= 0.3 is 0 Å². The van der Waals surface area contributed by atoms with Gasteiger partial charge in [0.1, 0.15) is 5.82 Å². The number of carbonyl (C=O) groups excluding carboxylic acids is 1. The molecule has 2 nitrogen and oxygen atoms in total. The fourth-order valence-electron chi connectivity index (χ4n) is 1.35. The number of carbonyl (C=O) groups is 1. The number of halogens is 1. The van der Waals surface area contributed by atoms with Gasteiger partial charge in [0, 0.05) is 6.54 Å². The van der Waals surface area contributed by atoms with Gasteiger partial charge in [-0.25, -0.2) is 4.39 Å². The zero-order valence-corrected chi connectivity index (χ0v) is 10.3. The average molecular weight is 241 g/mol. The largest absolute Gasteiger partial charge is 0.352 e. The molecule has 0 aliphatic heterocycles. The molecule has 0 saturated heterocycles. The summed E-state index contributed by atoms with van der Waals surface area (Å²) in [7, 11) is 0. The van der Waals surface area contributed by atoms with Crippen LogP contribution < -0.4 is 5.32 Å². The van der Waals surface area contributed by atoms with Gasteiger partial charge in [-0.3, -0.25) is 4.79 Å². The van der Waals surface area contributed by atoms with E-state index in [1.165, 1.54) is 12.1 Å². The van der Waals surface area contributed by atoms with Gasteiger partial charge < -0.3 is 5.32 Å². The summed E-state index contributed by atoms with van der Waals surface area (Å²) in [4.78, 5) is 11.6. The standard InChI is InChI=1S/C12H16FNOS/c1-9(8-16-2)7-14-12(15)10-5-3-4-6-11(10)13/h3-6,9H,7-8H2,1-2H3,(H,14,15). The second-order valence-electron chi connectivity index (χ2n) is 3.75. The lowest BCUT2D eigenvalue weighted by molar-refractivity contribution is 0.0945. The third-order valence-corrected chi connectivity index (χ3v) is 3.08. The van der Waals surface area contributed by atoms with Gasteiger partial charge in [-0.05, 0) is 30.1 Å². The first-order chi connectivity index (χ1) is 7.65. The van der Waals surface area contributed by atoms with E-state index in [1.54, 1.807) is 23.9 Å². The molecule has 1 atom stereocenters. The molecule has 1 N–H and O–H groups in total. The Kier molecular flexibility index (Phi) is 5.32. The molecule has 1 aromatic carbocycles. The minimum Gasteiger partial charge on any atom is -0.352 e. The summed E-state index contributed by atoms with van der Waals surface area (Å²) in [6.45, 7) is 2.63. The molecule has 0 aromatic heterocycles. The Morgan fingerprint density at radius 3 is 2.81 bits per heavy atom. The average Bonchev–Trinajstić information content (AvgIpc) is 2.27. The molecule has 0 saturated carbocycles. The summed E-state index contributed by atoms with van der Waals surface area (Å²) >= 11 is 1.73. The topological polar surface area (TPSA) is 29.1 Å². The van der Waals surface area contributed by atoms with Crippen molar-refractivity contribution < 1.29 is 9.18 Å². The smallest absolute Gasteiger partial charge is 0.254 e. The summed E-state index contributed by atoms with van der Waals surface area (Å²) < 4.78 is 13.2. The minimum absolute atomic E-state index is 0.110. The molecule has 0 radical (unpaired) electrons. The highest BCUT2D eigenvalue weighted by atomic mass is 32.2. The van der Waals surface area contributed by atoms with Crippen molar-refractivity contribution >= 4 is 17.7 Å². The van der Waals surface area contributed by atoms with Crippen LogP contribution in [0.4, 0.5) is 4.39 Å². The fraction of sp³-hybridized carbons (Fsp3) is 0.417. The normalized spacial score (nSPS) is 12.2. The van der Waals surface area contributed by atoms with E-state index >= 15 is 0 Å². The van der Waals surface area contributed by atoms with Crippen LogP contribution in [0, 0.1) is 11.7 Å². The maximum Gasteiger partial charge on any atom is 0.254 e. The monoisotopic (exact) mass is 241 g/mol. The summed E-state index contributed by atoms with van der Waals surface area (Å²) in [5, 5.41) is 2.73. The highest BCUT2D eigenvalue weighted by molar-refractivity contribution is 7.98. The molecule has 0 heterocycles. The zero-order chi connectivity index (χ0) is 12.0. The third-order valence-electron chi connectivity index (χ3n) is 2.18. The van der Waals surface area contributed by atoms with E-state index in [-0.39, 0.29) is 11.5 Å². The Labute approximate surface area is 99.6 Å². The number of thioether (sulfide) groups is 1. The predicted molar refractivity (Wildman–Crippen MR) is 66.3 cm³/mol. The summed E-state index contributed by atoms with van der Waals surface area (Å²) in [5.74, 6) is 0.562. The van der Waals surface area contributed by atoms with E-state index < -0.39 is 5.82 Å². The Balaban J connectivity index is 2.50. The van der Waals surface area contributed by atoms with Crippen molar-refractivity contribution in [3.63, 3.8) is 0 Å². The number of hydrogen-bond acceptors (Lipinski definition) is 2. The second kappa shape index (κ2) is 6.53. The van der Waals surface area contributed by atoms with Crippen molar-refractivity contribution in [2.75, 3.05) is 18.6 Å². The molecule has 1 amide bonds. The Morgan fingerprint density at radius 2 is 2.19 bits per heavy atom. The highest BCUT2D eigenvalue weighted by Crippen LogP contribution is 2.07. The molecular weight excluding hydrogens is 225 g/mol. The number of rotatable bonds is 5. The number of benzene rings is 1. The van der Waals surface area contributed by atoms with Crippen LogP contribution in [0.1, 0.15) is 17.3 Å². The highest BCUT2D eigenvalue weighted by Gasteiger charge is 2.11. The molecule has 88 valence electrons. The van der Waals surface area contributed by atoms with Crippen LogP contribution in [0.3, 0.4) is 0 Å². The van der Waals surface area contributed by atoms with Crippen LogP contribution in [0.15, 0.2) is 24.3 Å². The van der Waals surface area contributed by atoms with Crippen molar-refractivity contribution in [3.05, 3.63) is 35.6 Å². The van der Waals surface area contributed by atoms with Gasteiger partial charge in [0.2, 0.25) is 0 Å². The quantitative estimate of drug-likeness (QED) is 0.858. The van der Waals surface area contributed by atoms with E-state index in [0.717, 1.165) is 5.75 Å². The molecule has 0 aliphatic rings. The first-order valence-corrected chi connectivity index (χ1v) is 6.56. The molecule has 1 unspecified atom stereocenters. The zero-order valence-electron chi connectivity index (χ0n) is 9.50. The van der Waals surface area contributed by atoms with E-state index in [2.05, 4.69) is 12.2 Å². The molecule has 16 heavy (non-hydrogen) atoms. The molecule has 1 aromatic rings. The third kappa shape index (κ3) is 3.85. The van der Waals surface area contributed by atoms with Gasteiger partial charge in [0.05, 0.1) is 5.56 Å². The van der Waals surface area contributed by atoms with Gasteiger partial charge in [0.15, 0.2) is 0 Å². The van der Waals surface area contributed by atoms with Crippen LogP contribution in [-0.2, 0) is 0 Å². The van der Waals surface area contributed by atoms with E-state index in [0.29, 0.717) is 12.5 Å². The molecular formula is C12H16FNOS. The van der Waals surface area contributed by atoms with E-state index in [4.69, 9.17) is 0 Å². The maximum atomic E-state index is 13.2. The Morgan fingerprint density at radius 1 is 1.50 bits per heavy atom. The number of nitrogens with one attached hydrogen (secondary N) is 1. The number of hydrogen-bond donors (Lipinski definition) is 1. The lowest BCUT2D eigenvalue weighted by atomic mass is 10.2. The Bertz CT molecular complexity index is 357. The lowest BCUT2D eigenvalue weighted by Crippen LogP contribution is -2.29. The fourth-order valence-corrected chi connectivity index (χ4v) is 2.04. The molecule has 0 spiro atoms. The van der Waals surface area contributed by atoms with E-state index in [9.17, 15) is 9.18 Å². The van der Waals surface area contributed by atoms with Crippen molar-refractivity contribution in [1.29, 1.82) is 0 Å². The number of amides is 1. The summed E-state index contributed by atoms with van der Waals surface area (Å²) in [5.41, 5.74) is 0.110. The molecule has 0 bridgehead atoms. The molecule has 0 aliphatic carbocycles. The maximum absolute atomic E-state index is 13.2. The van der Waals surface area contributed by atoms with Crippen molar-refractivity contribution in [1.82, 2.24) is 5.32 Å². The van der Waals surface area contributed by atoms with Crippen LogP contribution >= 0.6 is 11.8 Å². The predicted octanol–water partition coefficient (Wildman–Crippen LogP) is 2.55. The first kappa shape index (κ1) is 13.0. The van der Waals surface area contributed by atoms with Gasteiger partial charge in [-0.2, -0.15) is 11.8 Å². The SMILES string of the molecule is CSCC(C)CNC(=O)c1ccccc1F. The first-order valence-electron chi connectivity index (χ1n) is 5.16. The molecule has 0 fully saturated rings. The minimum atomic E-state index is -0.475. The van der Waals surface area contributed by atoms with Crippen LogP contribution in [-0.4, -0.2) is 24.5 Å². The summed E-state index contributed by atoms with van der Waals surface area (Å²) in [6.07, 6.45) is 2.02. The van der Waals surface area contributed by atoms with Crippen molar-refractivity contribution in [2.24, 2.45) is 5.92 Å². The van der Waals surface area contributed by atoms with Crippen LogP contribution in [0.25, 0.3) is 0 Å². The molecule has 1 rings (SSSR count). The van der Waals surface area contributed by atoms with Crippen LogP contribution in [0.2, 0.25) is 0 Å². The van der Waals surface area contributed by atoms with Crippen molar-refractivity contribution in [3.8, 4) is 0 Å². The van der Waals surface area contributed by atoms with Gasteiger partial charge in [-0.15, -0.1) is 0 Å². The second-order valence-corrected chi connectivity index (χ2v) is 4.66. The van der Waals surface area contributed by atoms with Gasteiger partial charge in [0.25, 0.3) is 5.91 Å².